The predicted molar refractivity (Wildman–Crippen MR) is 86.8 cm³/mol. The Morgan fingerprint density at radius 1 is 1.33 bits per heavy atom. The number of aromatic nitrogens is 1. The van der Waals surface area contributed by atoms with E-state index in [1.165, 1.54) is 11.3 Å². The van der Waals surface area contributed by atoms with Gasteiger partial charge in [-0.2, -0.15) is 5.10 Å². The molecule has 0 saturated heterocycles. The maximum atomic E-state index is 5.67. The van der Waals surface area contributed by atoms with E-state index in [1.54, 1.807) is 13.3 Å². The predicted octanol–water partition coefficient (Wildman–Crippen LogP) is 3.69. The van der Waals surface area contributed by atoms with Crippen LogP contribution in [0, 0.1) is 6.92 Å². The van der Waals surface area contributed by atoms with Gasteiger partial charge in [0.05, 0.1) is 25.1 Å². The maximum Gasteiger partial charge on any atom is 0.203 e. The van der Waals surface area contributed by atoms with Crippen molar-refractivity contribution in [1.82, 2.24) is 4.98 Å². The number of rotatable bonds is 6. The number of methoxy groups -OCH3 is 1. The fraction of sp³-hybridized carbons (Fsp3) is 0.333. The third-order valence-electron chi connectivity index (χ3n) is 2.54. The number of hydrazone groups is 1. The minimum atomic E-state index is 0.105. The van der Waals surface area contributed by atoms with E-state index >= 15 is 0 Å². The summed E-state index contributed by atoms with van der Waals surface area (Å²) in [5, 5.41) is 6.91. The van der Waals surface area contributed by atoms with Crippen LogP contribution in [0.15, 0.2) is 28.7 Å². The molecule has 2 rings (SSSR count). The van der Waals surface area contributed by atoms with Crippen LogP contribution >= 0.6 is 11.3 Å². The van der Waals surface area contributed by atoms with Gasteiger partial charge in [0.25, 0.3) is 0 Å². The molecule has 1 heterocycles. The van der Waals surface area contributed by atoms with E-state index in [2.05, 4.69) is 15.5 Å². The Hall–Kier alpha value is -2.08. The number of hydrogen-bond acceptors (Lipinski definition) is 6. The van der Waals surface area contributed by atoms with Gasteiger partial charge < -0.3 is 9.47 Å². The first-order valence-electron chi connectivity index (χ1n) is 6.64. The van der Waals surface area contributed by atoms with Gasteiger partial charge in [-0.1, -0.05) is 0 Å². The monoisotopic (exact) mass is 305 g/mol. The van der Waals surface area contributed by atoms with Crippen molar-refractivity contribution in [2.45, 2.75) is 26.9 Å². The molecule has 0 bridgehead atoms. The summed E-state index contributed by atoms with van der Waals surface area (Å²) >= 11 is 1.52. The van der Waals surface area contributed by atoms with E-state index in [-0.39, 0.29) is 6.10 Å². The standard InChI is InChI=1S/C15H19N3O2S/c1-10(2)20-13-6-5-12(7-14(13)19-4)8-16-18-15-17-11(3)9-21-15/h5-10H,1-4H3,(H,17,18). The third-order valence-corrected chi connectivity index (χ3v) is 3.41. The molecular formula is C15H19N3O2S. The van der Waals surface area contributed by atoms with Gasteiger partial charge in [-0.3, -0.25) is 5.43 Å². The lowest BCUT2D eigenvalue weighted by Crippen LogP contribution is -2.06. The molecule has 0 amide bonds. The van der Waals surface area contributed by atoms with Crippen molar-refractivity contribution in [3.05, 3.63) is 34.8 Å². The number of ether oxygens (including phenoxy) is 2. The highest BCUT2D eigenvalue weighted by atomic mass is 32.1. The van der Waals surface area contributed by atoms with Crippen molar-refractivity contribution in [2.24, 2.45) is 5.10 Å². The van der Waals surface area contributed by atoms with Crippen molar-refractivity contribution in [3.8, 4) is 11.5 Å². The summed E-state index contributed by atoms with van der Waals surface area (Å²) in [5.74, 6) is 1.42. The quantitative estimate of drug-likeness (QED) is 0.653. The molecule has 0 fully saturated rings. The van der Waals surface area contributed by atoms with Gasteiger partial charge >= 0.3 is 0 Å². The highest BCUT2D eigenvalue weighted by molar-refractivity contribution is 7.13. The number of benzene rings is 1. The molecule has 6 heteroatoms. The second-order valence-corrected chi connectivity index (χ2v) is 5.60. The number of anilines is 1. The molecule has 1 aromatic heterocycles. The van der Waals surface area contributed by atoms with E-state index in [4.69, 9.17) is 9.47 Å². The minimum absolute atomic E-state index is 0.105. The van der Waals surface area contributed by atoms with Crippen molar-refractivity contribution in [3.63, 3.8) is 0 Å². The molecule has 0 radical (unpaired) electrons. The molecule has 0 spiro atoms. The number of nitrogens with zero attached hydrogens (tertiary/aromatic N) is 2. The Morgan fingerprint density at radius 2 is 2.14 bits per heavy atom. The Morgan fingerprint density at radius 3 is 2.76 bits per heavy atom. The number of nitrogens with one attached hydrogen (secondary N) is 1. The van der Waals surface area contributed by atoms with E-state index in [9.17, 15) is 0 Å². The number of hydrogen-bond donors (Lipinski definition) is 1. The van der Waals surface area contributed by atoms with Crippen LogP contribution in [-0.2, 0) is 0 Å². The summed E-state index contributed by atoms with van der Waals surface area (Å²) in [6, 6.07) is 5.70. The van der Waals surface area contributed by atoms with Crippen LogP contribution in [0.3, 0.4) is 0 Å². The smallest absolute Gasteiger partial charge is 0.203 e. The molecule has 0 aliphatic carbocycles. The lowest BCUT2D eigenvalue weighted by molar-refractivity contribution is 0.230. The lowest BCUT2D eigenvalue weighted by atomic mass is 10.2. The fourth-order valence-electron chi connectivity index (χ4n) is 1.68. The summed E-state index contributed by atoms with van der Waals surface area (Å²) in [4.78, 5) is 4.27. The second-order valence-electron chi connectivity index (χ2n) is 4.74. The summed E-state index contributed by atoms with van der Waals surface area (Å²) < 4.78 is 11.0. The molecule has 0 aliphatic rings. The molecule has 0 atom stereocenters. The van der Waals surface area contributed by atoms with Crippen LogP contribution in [0.5, 0.6) is 11.5 Å². The Labute approximate surface area is 128 Å². The van der Waals surface area contributed by atoms with Crippen LogP contribution in [0.4, 0.5) is 5.13 Å². The summed E-state index contributed by atoms with van der Waals surface area (Å²) in [7, 11) is 1.63. The summed E-state index contributed by atoms with van der Waals surface area (Å²) in [6.45, 7) is 5.91. The van der Waals surface area contributed by atoms with Gasteiger partial charge in [0.1, 0.15) is 0 Å². The van der Waals surface area contributed by atoms with Gasteiger partial charge in [0.2, 0.25) is 5.13 Å². The minimum Gasteiger partial charge on any atom is -0.493 e. The van der Waals surface area contributed by atoms with Gasteiger partial charge in [-0.25, -0.2) is 4.98 Å². The van der Waals surface area contributed by atoms with E-state index in [1.807, 2.05) is 44.4 Å². The van der Waals surface area contributed by atoms with Crippen molar-refractivity contribution in [2.75, 3.05) is 12.5 Å². The van der Waals surface area contributed by atoms with Crippen LogP contribution in [0.2, 0.25) is 0 Å². The molecule has 2 aromatic rings. The zero-order valence-corrected chi connectivity index (χ0v) is 13.4. The molecule has 0 saturated carbocycles. The first-order chi connectivity index (χ1) is 10.1. The first kappa shape index (κ1) is 15.3. The third kappa shape index (κ3) is 4.46. The van der Waals surface area contributed by atoms with Gasteiger partial charge in [0, 0.05) is 5.38 Å². The number of thiazole rings is 1. The molecule has 5 nitrogen and oxygen atoms in total. The molecule has 112 valence electrons. The second kappa shape index (κ2) is 7.08. The Balaban J connectivity index is 2.06. The van der Waals surface area contributed by atoms with Gasteiger partial charge in [0.15, 0.2) is 11.5 Å². The van der Waals surface area contributed by atoms with Crippen molar-refractivity contribution in [1.29, 1.82) is 0 Å². The average molecular weight is 305 g/mol. The maximum absolute atomic E-state index is 5.67. The molecular weight excluding hydrogens is 286 g/mol. The zero-order valence-electron chi connectivity index (χ0n) is 12.6. The van der Waals surface area contributed by atoms with E-state index in [0.29, 0.717) is 5.75 Å². The van der Waals surface area contributed by atoms with Crippen molar-refractivity contribution < 1.29 is 9.47 Å². The van der Waals surface area contributed by atoms with E-state index < -0.39 is 0 Å². The van der Waals surface area contributed by atoms with Crippen LogP contribution < -0.4 is 14.9 Å². The van der Waals surface area contributed by atoms with Crippen LogP contribution in [0.1, 0.15) is 25.1 Å². The molecule has 1 N–H and O–H groups in total. The topological polar surface area (TPSA) is 55.7 Å². The highest BCUT2D eigenvalue weighted by Gasteiger charge is 2.06. The molecule has 1 aromatic carbocycles. The SMILES string of the molecule is COc1cc(C=NNc2nc(C)cs2)ccc1OC(C)C. The first-order valence-corrected chi connectivity index (χ1v) is 7.52. The van der Waals surface area contributed by atoms with Crippen LogP contribution in [-0.4, -0.2) is 24.4 Å². The molecule has 21 heavy (non-hydrogen) atoms. The molecule has 0 unspecified atom stereocenters. The lowest BCUT2D eigenvalue weighted by Gasteiger charge is -2.13. The van der Waals surface area contributed by atoms with Gasteiger partial charge in [-0.15, -0.1) is 11.3 Å². The zero-order chi connectivity index (χ0) is 15.2. The Kier molecular flexibility index (Phi) is 5.16. The van der Waals surface area contributed by atoms with E-state index in [0.717, 1.165) is 22.1 Å². The molecule has 0 aliphatic heterocycles. The van der Waals surface area contributed by atoms with Crippen molar-refractivity contribution >= 4 is 22.7 Å². The fourth-order valence-corrected chi connectivity index (χ4v) is 2.32. The summed E-state index contributed by atoms with van der Waals surface area (Å²) in [5.41, 5.74) is 4.80. The normalized spacial score (nSPS) is 11.1. The van der Waals surface area contributed by atoms with Gasteiger partial charge in [-0.05, 0) is 44.5 Å². The summed E-state index contributed by atoms with van der Waals surface area (Å²) in [6.07, 6.45) is 1.83. The Bertz CT molecular complexity index is 623. The average Bonchev–Trinajstić information content (AvgIpc) is 2.85. The van der Waals surface area contributed by atoms with Crippen LogP contribution in [0.25, 0.3) is 0 Å². The largest absolute Gasteiger partial charge is 0.493 e. The highest BCUT2D eigenvalue weighted by Crippen LogP contribution is 2.28. The number of aryl methyl sites for hydroxylation is 1.